The van der Waals surface area contributed by atoms with Crippen LogP contribution in [0.4, 0.5) is 0 Å². The lowest BCUT2D eigenvalue weighted by molar-refractivity contribution is 0.106. The molecule has 7 nitrogen and oxygen atoms in total. The first-order valence-corrected chi connectivity index (χ1v) is 8.94. The SMILES string of the molecule is COc1cc(CNC[C@@H](O)COc2ccc3[nH]c(=O)ccc3c2)cc(OC)c1. The van der Waals surface area contributed by atoms with Crippen LogP contribution < -0.4 is 25.1 Å². The third-order valence-corrected chi connectivity index (χ3v) is 4.26. The zero-order chi connectivity index (χ0) is 19.9. The average molecular weight is 384 g/mol. The summed E-state index contributed by atoms with van der Waals surface area (Å²) < 4.78 is 16.2. The highest BCUT2D eigenvalue weighted by atomic mass is 16.5. The molecule has 1 aromatic heterocycles. The third-order valence-electron chi connectivity index (χ3n) is 4.26. The summed E-state index contributed by atoms with van der Waals surface area (Å²) in [6.07, 6.45) is -0.668. The molecule has 0 bridgehead atoms. The molecule has 0 fully saturated rings. The predicted octanol–water partition coefficient (Wildman–Crippen LogP) is 2.07. The Kier molecular flexibility index (Phi) is 6.52. The van der Waals surface area contributed by atoms with Gasteiger partial charge in [-0.1, -0.05) is 0 Å². The van der Waals surface area contributed by atoms with Gasteiger partial charge in [-0.3, -0.25) is 4.79 Å². The van der Waals surface area contributed by atoms with E-state index in [4.69, 9.17) is 14.2 Å². The van der Waals surface area contributed by atoms with Crippen LogP contribution >= 0.6 is 0 Å². The van der Waals surface area contributed by atoms with E-state index >= 15 is 0 Å². The molecule has 28 heavy (non-hydrogen) atoms. The molecule has 0 aliphatic carbocycles. The summed E-state index contributed by atoms with van der Waals surface area (Å²) in [6.45, 7) is 1.09. The number of fused-ring (bicyclic) bond motifs is 1. The molecule has 0 spiro atoms. The van der Waals surface area contributed by atoms with Crippen LogP contribution in [0.5, 0.6) is 17.2 Å². The predicted molar refractivity (Wildman–Crippen MR) is 107 cm³/mol. The van der Waals surface area contributed by atoms with Crippen LogP contribution in [-0.2, 0) is 6.54 Å². The summed E-state index contributed by atoms with van der Waals surface area (Å²) in [4.78, 5) is 14.1. The van der Waals surface area contributed by atoms with Gasteiger partial charge in [0.1, 0.15) is 30.0 Å². The first kappa shape index (κ1) is 19.7. The highest BCUT2D eigenvalue weighted by molar-refractivity contribution is 5.79. The van der Waals surface area contributed by atoms with E-state index in [2.05, 4.69) is 10.3 Å². The van der Waals surface area contributed by atoms with Gasteiger partial charge < -0.3 is 29.6 Å². The van der Waals surface area contributed by atoms with E-state index in [0.29, 0.717) is 18.8 Å². The van der Waals surface area contributed by atoms with Crippen molar-refractivity contribution in [2.75, 3.05) is 27.4 Å². The van der Waals surface area contributed by atoms with Crippen molar-refractivity contribution in [2.45, 2.75) is 12.6 Å². The highest BCUT2D eigenvalue weighted by Gasteiger charge is 2.07. The molecule has 0 saturated heterocycles. The van der Waals surface area contributed by atoms with Crippen LogP contribution in [0.15, 0.2) is 53.3 Å². The Hall–Kier alpha value is -3.03. The number of hydrogen-bond acceptors (Lipinski definition) is 6. The van der Waals surface area contributed by atoms with E-state index in [1.165, 1.54) is 6.07 Å². The second-order valence-electron chi connectivity index (χ2n) is 6.39. The summed E-state index contributed by atoms with van der Waals surface area (Å²) >= 11 is 0. The average Bonchev–Trinajstić information content (AvgIpc) is 2.71. The topological polar surface area (TPSA) is 92.8 Å². The molecule has 0 aliphatic heterocycles. The quantitative estimate of drug-likeness (QED) is 0.523. The largest absolute Gasteiger partial charge is 0.497 e. The van der Waals surface area contributed by atoms with E-state index in [0.717, 1.165) is 28.0 Å². The molecule has 0 aliphatic rings. The van der Waals surface area contributed by atoms with Crippen molar-refractivity contribution in [3.05, 3.63) is 64.4 Å². The smallest absolute Gasteiger partial charge is 0.248 e. The van der Waals surface area contributed by atoms with Crippen molar-refractivity contribution in [1.29, 1.82) is 0 Å². The lowest BCUT2D eigenvalue weighted by atomic mass is 10.2. The molecule has 3 aromatic rings. The number of H-pyrrole nitrogens is 1. The van der Waals surface area contributed by atoms with Crippen LogP contribution in [0.3, 0.4) is 0 Å². The minimum atomic E-state index is -0.668. The molecular formula is C21H24N2O5. The number of aromatic nitrogens is 1. The van der Waals surface area contributed by atoms with E-state index < -0.39 is 6.10 Å². The normalized spacial score (nSPS) is 12.0. The molecule has 1 atom stereocenters. The number of aliphatic hydroxyl groups is 1. The maximum absolute atomic E-state index is 11.3. The monoisotopic (exact) mass is 384 g/mol. The molecule has 2 aromatic carbocycles. The number of aliphatic hydroxyl groups excluding tert-OH is 1. The van der Waals surface area contributed by atoms with Crippen LogP contribution in [-0.4, -0.2) is 43.6 Å². The van der Waals surface area contributed by atoms with Crippen molar-refractivity contribution < 1.29 is 19.3 Å². The molecule has 148 valence electrons. The second-order valence-corrected chi connectivity index (χ2v) is 6.39. The molecule has 0 unspecified atom stereocenters. The molecule has 3 N–H and O–H groups in total. The Balaban J connectivity index is 1.49. The van der Waals surface area contributed by atoms with Crippen LogP contribution in [0, 0.1) is 0 Å². The minimum Gasteiger partial charge on any atom is -0.497 e. The number of nitrogens with one attached hydrogen (secondary N) is 2. The Morgan fingerprint density at radius 2 is 1.75 bits per heavy atom. The lowest BCUT2D eigenvalue weighted by Gasteiger charge is -2.14. The number of methoxy groups -OCH3 is 2. The molecular weight excluding hydrogens is 360 g/mol. The molecule has 0 saturated carbocycles. The van der Waals surface area contributed by atoms with Crippen molar-refractivity contribution in [1.82, 2.24) is 10.3 Å². The van der Waals surface area contributed by atoms with Gasteiger partial charge in [0.05, 0.1) is 14.2 Å². The minimum absolute atomic E-state index is 0.142. The number of benzene rings is 2. The third kappa shape index (κ3) is 5.25. The second kappa shape index (κ2) is 9.25. The lowest BCUT2D eigenvalue weighted by Crippen LogP contribution is -2.31. The first-order valence-electron chi connectivity index (χ1n) is 8.94. The van der Waals surface area contributed by atoms with Gasteiger partial charge in [-0.2, -0.15) is 0 Å². The molecule has 1 heterocycles. The Labute approximate surface area is 162 Å². The van der Waals surface area contributed by atoms with E-state index in [1.807, 2.05) is 24.3 Å². The van der Waals surface area contributed by atoms with E-state index in [-0.39, 0.29) is 12.2 Å². The summed E-state index contributed by atoms with van der Waals surface area (Å²) in [5, 5.41) is 14.2. The van der Waals surface area contributed by atoms with Crippen molar-refractivity contribution in [3.63, 3.8) is 0 Å². The molecule has 0 amide bonds. The molecule has 7 heteroatoms. The zero-order valence-corrected chi connectivity index (χ0v) is 15.9. The fourth-order valence-electron chi connectivity index (χ4n) is 2.83. The number of aromatic amines is 1. The highest BCUT2D eigenvalue weighted by Crippen LogP contribution is 2.22. The van der Waals surface area contributed by atoms with Gasteiger partial charge in [-0.15, -0.1) is 0 Å². The van der Waals surface area contributed by atoms with Crippen LogP contribution in [0.1, 0.15) is 5.56 Å². The van der Waals surface area contributed by atoms with Gasteiger partial charge >= 0.3 is 0 Å². The van der Waals surface area contributed by atoms with Crippen molar-refractivity contribution >= 4 is 10.9 Å². The number of pyridine rings is 1. The zero-order valence-electron chi connectivity index (χ0n) is 15.9. The van der Waals surface area contributed by atoms with Gasteiger partial charge in [0.25, 0.3) is 0 Å². The first-order chi connectivity index (χ1) is 13.6. The summed E-state index contributed by atoms with van der Waals surface area (Å²) in [5.41, 5.74) is 1.60. The summed E-state index contributed by atoms with van der Waals surface area (Å²) in [5.74, 6) is 2.08. The van der Waals surface area contributed by atoms with Gasteiger partial charge in [-0.05, 0) is 42.0 Å². The maximum Gasteiger partial charge on any atom is 0.248 e. The number of rotatable bonds is 9. The van der Waals surface area contributed by atoms with Gasteiger partial charge in [0.2, 0.25) is 5.56 Å². The Morgan fingerprint density at radius 1 is 1.00 bits per heavy atom. The maximum atomic E-state index is 11.3. The van der Waals surface area contributed by atoms with Gasteiger partial charge in [-0.25, -0.2) is 0 Å². The van der Waals surface area contributed by atoms with E-state index in [1.54, 1.807) is 32.4 Å². The van der Waals surface area contributed by atoms with Crippen LogP contribution in [0.25, 0.3) is 10.9 Å². The molecule has 3 rings (SSSR count). The number of hydrogen-bond donors (Lipinski definition) is 3. The van der Waals surface area contributed by atoms with Crippen molar-refractivity contribution in [2.24, 2.45) is 0 Å². The standard InChI is InChI=1S/C21H24N2O5/c1-26-18-7-14(8-19(10-18)27-2)11-22-12-16(24)13-28-17-4-5-20-15(9-17)3-6-21(25)23-20/h3-10,16,22,24H,11-13H2,1-2H3,(H,23,25)/t16-/m1/s1. The Morgan fingerprint density at radius 3 is 2.46 bits per heavy atom. The Bertz CT molecular complexity index is 964. The van der Waals surface area contributed by atoms with Crippen LogP contribution in [0.2, 0.25) is 0 Å². The van der Waals surface area contributed by atoms with Crippen molar-refractivity contribution in [3.8, 4) is 17.2 Å². The number of ether oxygens (including phenoxy) is 3. The van der Waals surface area contributed by atoms with Gasteiger partial charge in [0, 0.05) is 36.1 Å². The summed E-state index contributed by atoms with van der Waals surface area (Å²) in [6, 6.07) is 14.2. The molecule has 0 radical (unpaired) electrons. The fraction of sp³-hybridized carbons (Fsp3) is 0.286. The van der Waals surface area contributed by atoms with Gasteiger partial charge in [0.15, 0.2) is 0 Å². The summed E-state index contributed by atoms with van der Waals surface area (Å²) in [7, 11) is 3.22. The fourth-order valence-corrected chi connectivity index (χ4v) is 2.83. The van der Waals surface area contributed by atoms with E-state index in [9.17, 15) is 9.90 Å².